The van der Waals surface area contributed by atoms with Gasteiger partial charge in [-0.15, -0.1) is 0 Å². The van der Waals surface area contributed by atoms with E-state index in [1.54, 1.807) is 24.3 Å². The van der Waals surface area contributed by atoms with Gasteiger partial charge in [-0.25, -0.2) is 8.42 Å². The summed E-state index contributed by atoms with van der Waals surface area (Å²) in [5.74, 6) is -1.16. The first-order valence-electron chi connectivity index (χ1n) is 10.8. The minimum atomic E-state index is -3.59. The van der Waals surface area contributed by atoms with Crippen LogP contribution in [-0.2, 0) is 27.7 Å². The van der Waals surface area contributed by atoms with Crippen molar-refractivity contribution in [2.45, 2.75) is 43.4 Å². The number of rotatable bonds is 4. The van der Waals surface area contributed by atoms with E-state index in [4.69, 9.17) is 11.6 Å². The second-order valence-electron chi connectivity index (χ2n) is 8.27. The Balaban J connectivity index is 1.32. The lowest BCUT2D eigenvalue weighted by Crippen LogP contribution is -2.48. The van der Waals surface area contributed by atoms with Gasteiger partial charge in [0.15, 0.2) is 0 Å². The van der Waals surface area contributed by atoms with Crippen LogP contribution in [0.3, 0.4) is 0 Å². The molecule has 0 unspecified atom stereocenters. The van der Waals surface area contributed by atoms with E-state index in [-0.39, 0.29) is 24.9 Å². The number of halogens is 1. The monoisotopic (exact) mass is 475 g/mol. The number of nitrogens with one attached hydrogen (secondary N) is 2. The van der Waals surface area contributed by atoms with Crippen molar-refractivity contribution in [3.8, 4) is 0 Å². The van der Waals surface area contributed by atoms with Crippen LogP contribution in [0.2, 0.25) is 5.02 Å². The van der Waals surface area contributed by atoms with Gasteiger partial charge in [0.1, 0.15) is 0 Å². The molecule has 1 heterocycles. The van der Waals surface area contributed by atoms with Crippen molar-refractivity contribution in [1.82, 2.24) is 15.2 Å². The minimum Gasteiger partial charge on any atom is -0.273 e. The number of hydrogen-bond donors (Lipinski definition) is 2. The number of amides is 2. The summed E-state index contributed by atoms with van der Waals surface area (Å²) >= 11 is 5.88. The molecule has 1 saturated heterocycles. The average Bonchev–Trinajstić information content (AvgIpc) is 2.82. The summed E-state index contributed by atoms with van der Waals surface area (Å²) in [6.45, 7) is 0.527. The summed E-state index contributed by atoms with van der Waals surface area (Å²) in [4.78, 5) is 25.0. The van der Waals surface area contributed by atoms with Crippen LogP contribution in [0.15, 0.2) is 47.4 Å². The van der Waals surface area contributed by atoms with Crippen LogP contribution in [-0.4, -0.2) is 37.6 Å². The highest BCUT2D eigenvalue weighted by Gasteiger charge is 2.32. The van der Waals surface area contributed by atoms with Gasteiger partial charge in [-0.3, -0.25) is 20.4 Å². The van der Waals surface area contributed by atoms with E-state index < -0.39 is 15.9 Å². The first kappa shape index (κ1) is 22.8. The number of sulfonamides is 1. The van der Waals surface area contributed by atoms with Crippen molar-refractivity contribution in [2.24, 2.45) is 5.92 Å². The number of piperidine rings is 1. The molecular formula is C23H26ClN3O4S. The van der Waals surface area contributed by atoms with E-state index in [0.29, 0.717) is 28.3 Å². The Morgan fingerprint density at radius 1 is 0.938 bits per heavy atom. The fraction of sp³-hybridized carbons (Fsp3) is 0.391. The fourth-order valence-electron chi connectivity index (χ4n) is 4.30. The molecule has 2 aromatic carbocycles. The van der Waals surface area contributed by atoms with Crippen LogP contribution >= 0.6 is 11.6 Å². The van der Waals surface area contributed by atoms with Gasteiger partial charge in [-0.1, -0.05) is 23.7 Å². The Morgan fingerprint density at radius 2 is 1.66 bits per heavy atom. The Bertz CT molecular complexity index is 1130. The maximum absolute atomic E-state index is 13.1. The van der Waals surface area contributed by atoms with Crippen molar-refractivity contribution in [3.63, 3.8) is 0 Å². The molecule has 2 aliphatic rings. The van der Waals surface area contributed by atoms with E-state index in [1.807, 2.05) is 12.1 Å². The van der Waals surface area contributed by atoms with Gasteiger partial charge < -0.3 is 0 Å². The molecule has 0 spiro atoms. The number of carbonyl (C=O) groups excluding carboxylic acids is 2. The minimum absolute atomic E-state index is 0.264. The Morgan fingerprint density at radius 3 is 2.38 bits per heavy atom. The lowest BCUT2D eigenvalue weighted by molar-refractivity contribution is -0.126. The van der Waals surface area contributed by atoms with Gasteiger partial charge >= 0.3 is 0 Å². The molecule has 32 heavy (non-hydrogen) atoms. The highest BCUT2D eigenvalue weighted by molar-refractivity contribution is 7.89. The molecule has 4 rings (SSSR count). The molecule has 2 aromatic rings. The number of aryl methyl sites for hydroxylation is 2. The zero-order valence-electron chi connectivity index (χ0n) is 17.6. The van der Waals surface area contributed by atoms with E-state index in [2.05, 4.69) is 10.9 Å². The topological polar surface area (TPSA) is 95.6 Å². The molecule has 0 radical (unpaired) electrons. The zero-order valence-corrected chi connectivity index (χ0v) is 19.2. The van der Waals surface area contributed by atoms with Crippen LogP contribution < -0.4 is 10.9 Å². The maximum Gasteiger partial charge on any atom is 0.269 e. The number of nitrogens with zero attached hydrogens (tertiary/aromatic N) is 1. The third-order valence-electron chi connectivity index (χ3n) is 6.17. The van der Waals surface area contributed by atoms with Crippen LogP contribution in [0, 0.1) is 5.92 Å². The SMILES string of the molecule is O=C(NNC(=O)C1CCN(S(=O)(=O)c2ccc3c(c2)CCCC3)CC1)c1cccc(Cl)c1. The molecule has 2 N–H and O–H groups in total. The number of carbonyl (C=O) groups is 2. The summed E-state index contributed by atoms with van der Waals surface area (Å²) in [6, 6.07) is 11.9. The normalized spacial score (nSPS) is 17.4. The molecule has 1 aliphatic heterocycles. The first-order chi connectivity index (χ1) is 15.3. The zero-order chi connectivity index (χ0) is 22.7. The summed E-state index contributed by atoms with van der Waals surface area (Å²) < 4.78 is 27.7. The molecule has 1 fully saturated rings. The number of fused-ring (bicyclic) bond motifs is 1. The Hall–Kier alpha value is -2.42. The molecule has 0 aromatic heterocycles. The summed E-state index contributed by atoms with van der Waals surface area (Å²) in [6.07, 6.45) is 4.94. The molecular weight excluding hydrogens is 450 g/mol. The summed E-state index contributed by atoms with van der Waals surface area (Å²) in [5, 5.41) is 0.427. The lowest BCUT2D eigenvalue weighted by atomic mass is 9.92. The molecule has 0 atom stereocenters. The third kappa shape index (κ3) is 4.98. The summed E-state index contributed by atoms with van der Waals surface area (Å²) in [5.41, 5.74) is 7.54. The third-order valence-corrected chi connectivity index (χ3v) is 8.30. The van der Waals surface area contributed by atoms with E-state index >= 15 is 0 Å². The Kier molecular flexibility index (Phi) is 6.83. The molecule has 170 valence electrons. The Labute approximate surface area is 193 Å². The van der Waals surface area contributed by atoms with Crippen molar-refractivity contribution in [3.05, 3.63) is 64.2 Å². The van der Waals surface area contributed by atoms with Crippen LogP contribution in [0.1, 0.15) is 47.2 Å². The standard InChI is InChI=1S/C23H26ClN3O4S/c24-20-7-3-6-19(14-20)23(29)26-25-22(28)17-10-12-27(13-11-17)32(30,31)21-9-8-16-4-1-2-5-18(16)15-21/h3,6-9,14-15,17H,1-2,4-5,10-13H2,(H,25,28)(H,26,29). The second kappa shape index (κ2) is 9.60. The molecule has 9 heteroatoms. The van der Waals surface area contributed by atoms with Gasteiger partial charge in [-0.05, 0) is 80.0 Å². The van der Waals surface area contributed by atoms with Crippen LogP contribution in [0.5, 0.6) is 0 Å². The first-order valence-corrected chi connectivity index (χ1v) is 12.6. The van der Waals surface area contributed by atoms with Crippen molar-refractivity contribution in [2.75, 3.05) is 13.1 Å². The largest absolute Gasteiger partial charge is 0.273 e. The number of hydrazine groups is 1. The van der Waals surface area contributed by atoms with Crippen molar-refractivity contribution >= 4 is 33.4 Å². The predicted molar refractivity (Wildman–Crippen MR) is 122 cm³/mol. The highest BCUT2D eigenvalue weighted by Crippen LogP contribution is 2.28. The van der Waals surface area contributed by atoms with E-state index in [0.717, 1.165) is 31.2 Å². The van der Waals surface area contributed by atoms with Crippen LogP contribution in [0.4, 0.5) is 0 Å². The lowest BCUT2D eigenvalue weighted by Gasteiger charge is -2.30. The predicted octanol–water partition coefficient (Wildman–Crippen LogP) is 3.08. The van der Waals surface area contributed by atoms with Crippen LogP contribution in [0.25, 0.3) is 0 Å². The van der Waals surface area contributed by atoms with Gasteiger partial charge in [0.2, 0.25) is 15.9 Å². The van der Waals surface area contributed by atoms with Gasteiger partial charge in [0.05, 0.1) is 4.90 Å². The quantitative estimate of drug-likeness (QED) is 0.664. The smallest absolute Gasteiger partial charge is 0.269 e. The molecule has 2 amide bonds. The summed E-state index contributed by atoms with van der Waals surface area (Å²) in [7, 11) is -3.59. The maximum atomic E-state index is 13.1. The second-order valence-corrected chi connectivity index (χ2v) is 10.6. The molecule has 0 bridgehead atoms. The molecule has 0 saturated carbocycles. The van der Waals surface area contributed by atoms with Crippen molar-refractivity contribution in [1.29, 1.82) is 0 Å². The van der Waals surface area contributed by atoms with Crippen molar-refractivity contribution < 1.29 is 18.0 Å². The number of hydrogen-bond acceptors (Lipinski definition) is 4. The van der Waals surface area contributed by atoms with E-state index in [9.17, 15) is 18.0 Å². The average molecular weight is 476 g/mol. The van der Waals surface area contributed by atoms with Gasteiger partial charge in [0, 0.05) is 29.6 Å². The van der Waals surface area contributed by atoms with Gasteiger partial charge in [-0.2, -0.15) is 4.31 Å². The highest BCUT2D eigenvalue weighted by atomic mass is 35.5. The van der Waals surface area contributed by atoms with Gasteiger partial charge in [0.25, 0.3) is 5.91 Å². The molecule has 7 nitrogen and oxygen atoms in total. The van der Waals surface area contributed by atoms with E-state index in [1.165, 1.54) is 15.9 Å². The fourth-order valence-corrected chi connectivity index (χ4v) is 6.01. The molecule has 1 aliphatic carbocycles. The number of benzene rings is 2.